The van der Waals surface area contributed by atoms with Crippen LogP contribution in [0.1, 0.15) is 21.3 Å². The Labute approximate surface area is 141 Å². The van der Waals surface area contributed by atoms with E-state index in [9.17, 15) is 13.6 Å². The van der Waals surface area contributed by atoms with Gasteiger partial charge in [-0.15, -0.1) is 11.3 Å². The molecule has 24 heavy (non-hydrogen) atoms. The Balaban J connectivity index is 2.01. The highest BCUT2D eigenvalue weighted by Gasteiger charge is 2.16. The van der Waals surface area contributed by atoms with E-state index in [0.717, 1.165) is 28.8 Å². The molecule has 0 amide bonds. The molecule has 0 aliphatic carbocycles. The van der Waals surface area contributed by atoms with Crippen LogP contribution in [0.2, 0.25) is 0 Å². The molecule has 3 aromatic rings. The van der Waals surface area contributed by atoms with Crippen LogP contribution in [0.15, 0.2) is 29.1 Å². The van der Waals surface area contributed by atoms with Crippen LogP contribution >= 0.6 is 11.3 Å². The summed E-state index contributed by atoms with van der Waals surface area (Å²) in [5.74, 6) is -1.04. The molecule has 0 saturated heterocycles. The summed E-state index contributed by atoms with van der Waals surface area (Å²) in [6.07, 6.45) is 0. The van der Waals surface area contributed by atoms with E-state index < -0.39 is 11.6 Å². The zero-order valence-electron chi connectivity index (χ0n) is 13.4. The number of hydrogen-bond acceptors (Lipinski definition) is 4. The summed E-state index contributed by atoms with van der Waals surface area (Å²) in [6.45, 7) is 5.63. The van der Waals surface area contributed by atoms with Crippen molar-refractivity contribution in [1.29, 1.82) is 0 Å². The minimum absolute atomic E-state index is 0.126. The monoisotopic (exact) mass is 347 g/mol. The van der Waals surface area contributed by atoms with Gasteiger partial charge in [0.05, 0.1) is 12.2 Å². The Bertz CT molecular complexity index is 978. The van der Waals surface area contributed by atoms with E-state index in [1.165, 1.54) is 15.9 Å². The van der Waals surface area contributed by atoms with E-state index in [0.29, 0.717) is 16.4 Å². The first-order chi connectivity index (χ1) is 11.3. The SMILES string of the molecule is Cc1cc(C)n(Cc2nc(-c3cc(F)ccc3F)c(C)s2)c(=O)n1. The first-order valence-electron chi connectivity index (χ1n) is 7.32. The normalized spacial score (nSPS) is 11.0. The van der Waals surface area contributed by atoms with Crippen molar-refractivity contribution in [2.45, 2.75) is 27.3 Å². The Morgan fingerprint density at radius 3 is 2.58 bits per heavy atom. The molecule has 0 atom stereocenters. The maximum atomic E-state index is 14.0. The van der Waals surface area contributed by atoms with Crippen LogP contribution in [0.3, 0.4) is 0 Å². The third-order valence-electron chi connectivity index (χ3n) is 3.66. The number of halogens is 2. The molecule has 3 rings (SSSR count). The van der Waals surface area contributed by atoms with Crippen LogP contribution in [0.4, 0.5) is 8.78 Å². The Hall–Kier alpha value is -2.41. The molecule has 0 fully saturated rings. The van der Waals surface area contributed by atoms with Crippen LogP contribution in [-0.4, -0.2) is 14.5 Å². The summed E-state index contributed by atoms with van der Waals surface area (Å²) < 4.78 is 28.9. The van der Waals surface area contributed by atoms with Crippen LogP contribution in [0, 0.1) is 32.4 Å². The average molecular weight is 347 g/mol. The largest absolute Gasteiger partial charge is 0.348 e. The van der Waals surface area contributed by atoms with Gasteiger partial charge in [0.15, 0.2) is 0 Å². The summed E-state index contributed by atoms with van der Waals surface area (Å²) in [6, 6.07) is 5.10. The van der Waals surface area contributed by atoms with Crippen molar-refractivity contribution in [1.82, 2.24) is 14.5 Å². The van der Waals surface area contributed by atoms with Crippen LogP contribution < -0.4 is 5.69 Å². The second kappa shape index (κ2) is 6.24. The molecule has 0 bridgehead atoms. The minimum Gasteiger partial charge on any atom is -0.290 e. The highest BCUT2D eigenvalue weighted by atomic mass is 32.1. The van der Waals surface area contributed by atoms with E-state index in [4.69, 9.17) is 0 Å². The lowest BCUT2D eigenvalue weighted by Crippen LogP contribution is -2.26. The molecular formula is C17H15F2N3OS. The van der Waals surface area contributed by atoms with Gasteiger partial charge in [-0.25, -0.2) is 18.6 Å². The van der Waals surface area contributed by atoms with Gasteiger partial charge < -0.3 is 0 Å². The second-order valence-corrected chi connectivity index (χ2v) is 6.83. The number of benzene rings is 1. The lowest BCUT2D eigenvalue weighted by atomic mass is 10.1. The smallest absolute Gasteiger partial charge is 0.290 e. The van der Waals surface area contributed by atoms with Crippen molar-refractivity contribution < 1.29 is 8.78 Å². The molecule has 1 aromatic carbocycles. The first-order valence-corrected chi connectivity index (χ1v) is 8.13. The number of nitrogens with zero attached hydrogens (tertiary/aromatic N) is 3. The minimum atomic E-state index is -0.526. The highest BCUT2D eigenvalue weighted by molar-refractivity contribution is 7.12. The van der Waals surface area contributed by atoms with Gasteiger partial charge >= 0.3 is 5.69 Å². The van der Waals surface area contributed by atoms with E-state index in [-0.39, 0.29) is 17.8 Å². The average Bonchev–Trinajstić information content (AvgIpc) is 2.86. The lowest BCUT2D eigenvalue weighted by molar-refractivity contribution is 0.602. The topological polar surface area (TPSA) is 47.8 Å². The van der Waals surface area contributed by atoms with Gasteiger partial charge in [0.2, 0.25) is 0 Å². The van der Waals surface area contributed by atoms with Gasteiger partial charge in [-0.05, 0) is 45.0 Å². The first kappa shape index (κ1) is 16.4. The van der Waals surface area contributed by atoms with E-state index in [1.54, 1.807) is 13.8 Å². The Morgan fingerprint density at radius 1 is 1.12 bits per heavy atom. The van der Waals surface area contributed by atoms with Crippen LogP contribution in [0.25, 0.3) is 11.3 Å². The number of aryl methyl sites for hydroxylation is 3. The van der Waals surface area contributed by atoms with E-state index >= 15 is 0 Å². The predicted molar refractivity (Wildman–Crippen MR) is 89.3 cm³/mol. The van der Waals surface area contributed by atoms with E-state index in [2.05, 4.69) is 9.97 Å². The molecule has 0 N–H and O–H groups in total. The molecule has 0 saturated carbocycles. The number of thiazole rings is 1. The van der Waals surface area contributed by atoms with Crippen molar-refractivity contribution in [3.05, 3.63) is 67.7 Å². The maximum absolute atomic E-state index is 14.0. The number of rotatable bonds is 3. The van der Waals surface area contributed by atoms with Crippen molar-refractivity contribution in [3.8, 4) is 11.3 Å². The quantitative estimate of drug-likeness (QED) is 0.727. The zero-order valence-corrected chi connectivity index (χ0v) is 14.2. The van der Waals surface area contributed by atoms with Gasteiger partial charge in [0.1, 0.15) is 16.6 Å². The second-order valence-electron chi connectivity index (χ2n) is 5.54. The molecule has 124 valence electrons. The van der Waals surface area contributed by atoms with Gasteiger partial charge in [0.25, 0.3) is 0 Å². The number of hydrogen-bond donors (Lipinski definition) is 0. The molecule has 4 nitrogen and oxygen atoms in total. The van der Waals surface area contributed by atoms with Gasteiger partial charge in [0, 0.05) is 21.8 Å². The van der Waals surface area contributed by atoms with E-state index in [1.807, 2.05) is 13.0 Å². The fraction of sp³-hybridized carbons (Fsp3) is 0.235. The summed E-state index contributed by atoms with van der Waals surface area (Å²) in [7, 11) is 0. The Kier molecular flexibility index (Phi) is 4.28. The Morgan fingerprint density at radius 2 is 1.88 bits per heavy atom. The number of aromatic nitrogens is 3. The molecule has 7 heteroatoms. The lowest BCUT2D eigenvalue weighted by Gasteiger charge is -2.07. The molecule has 0 spiro atoms. The molecule has 0 unspecified atom stereocenters. The van der Waals surface area contributed by atoms with Gasteiger partial charge in [-0.3, -0.25) is 4.57 Å². The van der Waals surface area contributed by atoms with Crippen LogP contribution in [0.5, 0.6) is 0 Å². The molecule has 0 radical (unpaired) electrons. The van der Waals surface area contributed by atoms with Crippen molar-refractivity contribution >= 4 is 11.3 Å². The van der Waals surface area contributed by atoms with Crippen LogP contribution in [-0.2, 0) is 6.54 Å². The molecular weight excluding hydrogens is 332 g/mol. The maximum Gasteiger partial charge on any atom is 0.348 e. The van der Waals surface area contributed by atoms with Crippen molar-refractivity contribution in [2.75, 3.05) is 0 Å². The summed E-state index contributed by atoms with van der Waals surface area (Å²) in [5.41, 5.74) is 1.61. The summed E-state index contributed by atoms with van der Waals surface area (Å²) >= 11 is 1.35. The van der Waals surface area contributed by atoms with Gasteiger partial charge in [-0.1, -0.05) is 0 Å². The molecule has 0 aliphatic heterocycles. The van der Waals surface area contributed by atoms with Crippen molar-refractivity contribution in [3.63, 3.8) is 0 Å². The third-order valence-corrected chi connectivity index (χ3v) is 4.62. The molecule has 2 heterocycles. The predicted octanol–water partition coefficient (Wildman–Crippen LogP) is 3.62. The van der Waals surface area contributed by atoms with Crippen molar-refractivity contribution in [2.24, 2.45) is 0 Å². The van der Waals surface area contributed by atoms with Gasteiger partial charge in [-0.2, -0.15) is 4.98 Å². The standard InChI is InChI=1S/C17H15F2N3OS/c1-9-6-10(2)22(17(23)20-9)8-15-21-16(11(3)24-15)13-7-12(18)4-5-14(13)19/h4-7H,8H2,1-3H3. The third kappa shape index (κ3) is 3.12. The molecule has 2 aromatic heterocycles. The zero-order chi connectivity index (χ0) is 17.4. The fourth-order valence-electron chi connectivity index (χ4n) is 2.55. The summed E-state index contributed by atoms with van der Waals surface area (Å²) in [4.78, 5) is 21.1. The summed E-state index contributed by atoms with van der Waals surface area (Å²) in [5, 5.41) is 0.641. The fourth-order valence-corrected chi connectivity index (χ4v) is 3.49. The molecule has 0 aliphatic rings. The highest BCUT2D eigenvalue weighted by Crippen LogP contribution is 2.30.